The van der Waals surface area contributed by atoms with Crippen molar-refractivity contribution in [3.05, 3.63) is 57.0 Å². The molecule has 0 unspecified atom stereocenters. The summed E-state index contributed by atoms with van der Waals surface area (Å²) in [5.74, 6) is 0.0838. The van der Waals surface area contributed by atoms with Crippen molar-refractivity contribution in [2.45, 2.75) is 39.7 Å². The van der Waals surface area contributed by atoms with E-state index in [-0.39, 0.29) is 18.8 Å². The number of hydrogen-bond donors (Lipinski definition) is 0. The lowest BCUT2D eigenvalue weighted by molar-refractivity contribution is -0.147. The molecular weight excluding hydrogens is 366 g/mol. The van der Waals surface area contributed by atoms with Crippen molar-refractivity contribution in [1.29, 1.82) is 0 Å². The molecule has 0 aliphatic carbocycles. The van der Waals surface area contributed by atoms with Gasteiger partial charge in [-0.15, -0.1) is 0 Å². The summed E-state index contributed by atoms with van der Waals surface area (Å²) in [6.45, 7) is 3.77. The second-order valence-corrected chi connectivity index (χ2v) is 7.19. The first-order chi connectivity index (χ1) is 13.0. The second-order valence-electron chi connectivity index (χ2n) is 6.15. The molecule has 0 saturated carbocycles. The van der Waals surface area contributed by atoms with Gasteiger partial charge in [0.1, 0.15) is 17.4 Å². The third kappa shape index (κ3) is 5.13. The van der Waals surface area contributed by atoms with Crippen LogP contribution in [0.4, 0.5) is 0 Å². The van der Waals surface area contributed by atoms with Crippen LogP contribution >= 0.6 is 11.3 Å². The summed E-state index contributed by atoms with van der Waals surface area (Å²) in [7, 11) is 0. The summed E-state index contributed by atoms with van der Waals surface area (Å²) in [6.07, 6.45) is 2.90. The first-order valence-electron chi connectivity index (χ1n) is 8.79. The van der Waals surface area contributed by atoms with Gasteiger partial charge in [0.15, 0.2) is 6.61 Å². The molecule has 0 spiro atoms. The molecule has 7 nitrogen and oxygen atoms in total. The number of aryl methyl sites for hydroxylation is 2. The highest BCUT2D eigenvalue weighted by Gasteiger charge is 2.11. The molecule has 27 heavy (non-hydrogen) atoms. The molecule has 8 heteroatoms. The summed E-state index contributed by atoms with van der Waals surface area (Å²) in [6, 6.07) is 8.75. The second kappa shape index (κ2) is 8.77. The highest BCUT2D eigenvalue weighted by molar-refractivity contribution is 7.16. The van der Waals surface area contributed by atoms with Gasteiger partial charge in [0.2, 0.25) is 4.96 Å². The first-order valence-corrected chi connectivity index (χ1v) is 9.60. The Morgan fingerprint density at radius 3 is 2.93 bits per heavy atom. The molecule has 0 aliphatic rings. The fraction of sp³-hybridized carbons (Fsp3) is 0.368. The van der Waals surface area contributed by atoms with Crippen molar-refractivity contribution in [3.8, 4) is 5.75 Å². The third-order valence-corrected chi connectivity index (χ3v) is 4.78. The van der Waals surface area contributed by atoms with Crippen molar-refractivity contribution in [2.24, 2.45) is 0 Å². The molecular formula is C19H21N3O4S. The van der Waals surface area contributed by atoms with Gasteiger partial charge in [0.25, 0.3) is 5.56 Å². The normalized spacial score (nSPS) is 10.9. The van der Waals surface area contributed by atoms with E-state index in [2.05, 4.69) is 17.0 Å². The number of esters is 1. The predicted octanol–water partition coefficient (Wildman–Crippen LogP) is 2.92. The first kappa shape index (κ1) is 19.0. The molecule has 0 radical (unpaired) electrons. The molecule has 1 aromatic carbocycles. The van der Waals surface area contributed by atoms with E-state index in [1.54, 1.807) is 6.07 Å². The lowest BCUT2D eigenvalue weighted by atomic mass is 10.2. The van der Waals surface area contributed by atoms with Crippen LogP contribution in [0.3, 0.4) is 0 Å². The van der Waals surface area contributed by atoms with E-state index in [1.807, 2.05) is 25.1 Å². The van der Waals surface area contributed by atoms with Gasteiger partial charge >= 0.3 is 5.97 Å². The van der Waals surface area contributed by atoms with Crippen molar-refractivity contribution in [1.82, 2.24) is 14.6 Å². The summed E-state index contributed by atoms with van der Waals surface area (Å²) < 4.78 is 11.9. The van der Waals surface area contributed by atoms with E-state index < -0.39 is 5.97 Å². The number of carbonyl (C=O) groups is 1. The van der Waals surface area contributed by atoms with Crippen LogP contribution in [0, 0.1) is 6.92 Å². The molecule has 3 rings (SSSR count). The lowest BCUT2D eigenvalue weighted by Gasteiger charge is -2.07. The highest BCUT2D eigenvalue weighted by Crippen LogP contribution is 2.15. The van der Waals surface area contributed by atoms with Gasteiger partial charge in [-0.1, -0.05) is 36.8 Å². The molecule has 0 fully saturated rings. The maximum Gasteiger partial charge on any atom is 0.344 e. The topological polar surface area (TPSA) is 82.8 Å². The summed E-state index contributed by atoms with van der Waals surface area (Å²) >= 11 is 1.38. The largest absolute Gasteiger partial charge is 0.482 e. The van der Waals surface area contributed by atoms with Gasteiger partial charge in [-0.3, -0.25) is 4.79 Å². The number of benzene rings is 1. The molecule has 0 saturated heterocycles. The van der Waals surface area contributed by atoms with Crippen molar-refractivity contribution < 1.29 is 14.3 Å². The van der Waals surface area contributed by atoms with Gasteiger partial charge < -0.3 is 9.47 Å². The van der Waals surface area contributed by atoms with E-state index >= 15 is 0 Å². The van der Waals surface area contributed by atoms with E-state index in [0.29, 0.717) is 16.4 Å². The zero-order chi connectivity index (χ0) is 19.2. The van der Waals surface area contributed by atoms with Crippen molar-refractivity contribution >= 4 is 22.3 Å². The molecule has 0 N–H and O–H groups in total. The Labute approximate surface area is 160 Å². The zero-order valence-electron chi connectivity index (χ0n) is 15.3. The van der Waals surface area contributed by atoms with Gasteiger partial charge in [-0.2, -0.15) is 9.61 Å². The number of fused-ring (bicyclic) bond motifs is 1. The molecule has 0 bridgehead atoms. The van der Waals surface area contributed by atoms with E-state index in [1.165, 1.54) is 21.9 Å². The molecule has 142 valence electrons. The number of ether oxygens (including phenoxy) is 2. The molecule has 0 aliphatic heterocycles. The molecule has 2 aromatic heterocycles. The number of carbonyl (C=O) groups excluding carboxylic acids is 1. The molecule has 0 atom stereocenters. The van der Waals surface area contributed by atoms with Crippen LogP contribution in [0.2, 0.25) is 0 Å². The van der Waals surface area contributed by atoms with E-state index in [9.17, 15) is 9.59 Å². The number of nitrogens with zero attached hydrogens (tertiary/aromatic N) is 3. The predicted molar refractivity (Wildman–Crippen MR) is 102 cm³/mol. The lowest BCUT2D eigenvalue weighted by Crippen LogP contribution is -2.18. The fourth-order valence-corrected chi connectivity index (χ4v) is 3.40. The van der Waals surface area contributed by atoms with Gasteiger partial charge in [-0.25, -0.2) is 9.78 Å². The minimum atomic E-state index is -0.522. The Morgan fingerprint density at radius 1 is 1.30 bits per heavy atom. The van der Waals surface area contributed by atoms with Crippen LogP contribution in [0.15, 0.2) is 35.1 Å². The number of unbranched alkanes of at least 4 members (excludes halogenated alkanes) is 1. The van der Waals surface area contributed by atoms with Crippen LogP contribution in [0.5, 0.6) is 5.75 Å². The summed E-state index contributed by atoms with van der Waals surface area (Å²) in [5, 5.41) is 5.17. The number of aromatic nitrogens is 3. The van der Waals surface area contributed by atoms with Gasteiger partial charge in [0, 0.05) is 12.5 Å². The third-order valence-electron chi connectivity index (χ3n) is 3.81. The Balaban J connectivity index is 1.59. The quantitative estimate of drug-likeness (QED) is 0.553. The van der Waals surface area contributed by atoms with Crippen molar-refractivity contribution in [3.63, 3.8) is 0 Å². The maximum absolute atomic E-state index is 12.2. The SMILES string of the molecule is CCCCc1nn2c(=O)cc(COC(=O)COc3cccc(C)c3)nc2s1. The van der Waals surface area contributed by atoms with Crippen LogP contribution in [-0.2, 0) is 22.6 Å². The van der Waals surface area contributed by atoms with Crippen LogP contribution in [0.25, 0.3) is 4.96 Å². The Morgan fingerprint density at radius 2 is 2.15 bits per heavy atom. The van der Waals surface area contributed by atoms with Crippen molar-refractivity contribution in [2.75, 3.05) is 6.61 Å². The Kier molecular flexibility index (Phi) is 6.18. The molecule has 2 heterocycles. The van der Waals surface area contributed by atoms with Crippen LogP contribution in [0.1, 0.15) is 36.0 Å². The van der Waals surface area contributed by atoms with E-state index in [0.717, 1.165) is 29.8 Å². The minimum absolute atomic E-state index is 0.0794. The van der Waals surface area contributed by atoms with Crippen LogP contribution in [-0.4, -0.2) is 27.2 Å². The van der Waals surface area contributed by atoms with E-state index in [4.69, 9.17) is 9.47 Å². The molecule has 0 amide bonds. The summed E-state index contributed by atoms with van der Waals surface area (Å²) in [5.41, 5.74) is 1.16. The Bertz CT molecular complexity index is 996. The fourth-order valence-electron chi connectivity index (χ4n) is 2.44. The van der Waals surface area contributed by atoms with Gasteiger partial charge in [-0.05, 0) is 31.0 Å². The monoisotopic (exact) mass is 387 g/mol. The minimum Gasteiger partial charge on any atom is -0.482 e. The smallest absolute Gasteiger partial charge is 0.344 e. The number of rotatable bonds is 8. The Hall–Kier alpha value is -2.74. The average molecular weight is 387 g/mol. The maximum atomic E-state index is 12.2. The van der Waals surface area contributed by atoms with Gasteiger partial charge in [0.05, 0.1) is 5.69 Å². The zero-order valence-corrected chi connectivity index (χ0v) is 16.1. The average Bonchev–Trinajstić information content (AvgIpc) is 3.06. The number of hydrogen-bond acceptors (Lipinski definition) is 7. The highest BCUT2D eigenvalue weighted by atomic mass is 32.1. The summed E-state index contributed by atoms with van der Waals surface area (Å²) in [4.78, 5) is 28.9. The standard InChI is InChI=1S/C19H21N3O4S/c1-3-4-8-16-21-22-17(23)10-14(20-19(22)27-16)11-26-18(24)12-25-15-7-5-6-13(2)9-15/h5-7,9-10H,3-4,8,11-12H2,1-2H3. The van der Waals surface area contributed by atoms with Crippen LogP contribution < -0.4 is 10.3 Å². The molecule has 3 aromatic rings.